The van der Waals surface area contributed by atoms with Crippen LogP contribution in [-0.2, 0) is 10.0 Å². The highest BCUT2D eigenvalue weighted by Gasteiger charge is 2.25. The van der Waals surface area contributed by atoms with Crippen molar-refractivity contribution in [1.82, 2.24) is 9.62 Å². The summed E-state index contributed by atoms with van der Waals surface area (Å²) in [5.41, 5.74) is 0.930. The molecule has 110 valence electrons. The molecule has 0 amide bonds. The second kappa shape index (κ2) is 6.54. The Labute approximate surface area is 131 Å². The fourth-order valence-electron chi connectivity index (χ4n) is 2.15. The molecule has 1 fully saturated rings. The number of halogens is 1. The molecule has 1 N–H and O–H groups in total. The molecule has 0 aromatic carbocycles. The van der Waals surface area contributed by atoms with Gasteiger partial charge < -0.3 is 0 Å². The minimum absolute atomic E-state index is 0.0453. The topological polar surface area (TPSA) is 73.2 Å². The van der Waals surface area contributed by atoms with Crippen LogP contribution in [0.25, 0.3) is 0 Å². The van der Waals surface area contributed by atoms with Gasteiger partial charge in [0.1, 0.15) is 4.21 Å². The fourth-order valence-corrected chi connectivity index (χ4v) is 5.70. The Hall–Kier alpha value is -0.460. The van der Waals surface area contributed by atoms with E-state index in [4.69, 9.17) is 5.26 Å². The van der Waals surface area contributed by atoms with Crippen LogP contribution in [0.4, 0.5) is 0 Å². The molecule has 20 heavy (non-hydrogen) atoms. The highest BCUT2D eigenvalue weighted by Crippen LogP contribution is 2.30. The molecule has 0 atom stereocenters. The Bertz CT molecular complexity index is 594. The first-order valence-electron chi connectivity index (χ1n) is 6.30. The number of hydrogen-bond donors (Lipinski definition) is 1. The Morgan fingerprint density at radius 2 is 2.20 bits per heavy atom. The van der Waals surface area contributed by atoms with Gasteiger partial charge in [-0.15, -0.1) is 11.3 Å². The maximum atomic E-state index is 12.3. The van der Waals surface area contributed by atoms with Crippen molar-refractivity contribution >= 4 is 37.3 Å². The third kappa shape index (κ3) is 3.80. The second-order valence-electron chi connectivity index (χ2n) is 4.85. The van der Waals surface area contributed by atoms with Gasteiger partial charge in [0.25, 0.3) is 0 Å². The average molecular weight is 378 g/mol. The lowest BCUT2D eigenvalue weighted by Crippen LogP contribution is -2.44. The first-order valence-corrected chi connectivity index (χ1v) is 9.39. The molecule has 1 aliphatic heterocycles. The molecule has 0 spiro atoms. The molecule has 8 heteroatoms. The molecular formula is C12H16BrN3O2S2. The van der Waals surface area contributed by atoms with Crippen molar-refractivity contribution in [2.45, 2.75) is 30.0 Å². The Morgan fingerprint density at radius 1 is 1.55 bits per heavy atom. The van der Waals surface area contributed by atoms with Gasteiger partial charge >= 0.3 is 0 Å². The lowest BCUT2D eigenvalue weighted by atomic mass is 10.1. The van der Waals surface area contributed by atoms with E-state index in [1.54, 1.807) is 6.07 Å². The SMILES string of the molecule is Cc1cc(S(=O)(=O)NC2CCN(CC#N)CC2)sc1Br. The smallest absolute Gasteiger partial charge is 0.250 e. The first kappa shape index (κ1) is 15.9. The van der Waals surface area contributed by atoms with Crippen molar-refractivity contribution < 1.29 is 8.42 Å². The van der Waals surface area contributed by atoms with Crippen LogP contribution in [0.2, 0.25) is 0 Å². The van der Waals surface area contributed by atoms with Gasteiger partial charge in [-0.2, -0.15) is 5.26 Å². The third-order valence-electron chi connectivity index (χ3n) is 3.30. The quantitative estimate of drug-likeness (QED) is 0.815. The molecule has 0 aliphatic carbocycles. The third-order valence-corrected chi connectivity index (χ3v) is 7.43. The van der Waals surface area contributed by atoms with Crippen LogP contribution >= 0.6 is 27.3 Å². The van der Waals surface area contributed by atoms with Gasteiger partial charge in [-0.25, -0.2) is 13.1 Å². The molecule has 0 saturated carbocycles. The van der Waals surface area contributed by atoms with Crippen molar-refractivity contribution in [2.75, 3.05) is 19.6 Å². The number of thiophene rings is 1. The zero-order valence-corrected chi connectivity index (χ0v) is 14.3. The minimum atomic E-state index is -3.44. The maximum absolute atomic E-state index is 12.3. The number of piperidine rings is 1. The van der Waals surface area contributed by atoms with Crippen LogP contribution in [0.15, 0.2) is 14.1 Å². The van der Waals surface area contributed by atoms with E-state index in [0.717, 1.165) is 35.3 Å². The van der Waals surface area contributed by atoms with Crippen LogP contribution in [0.5, 0.6) is 0 Å². The van der Waals surface area contributed by atoms with E-state index in [0.29, 0.717) is 10.8 Å². The van der Waals surface area contributed by atoms with Crippen molar-refractivity contribution in [2.24, 2.45) is 0 Å². The summed E-state index contributed by atoms with van der Waals surface area (Å²) < 4.78 is 28.5. The van der Waals surface area contributed by atoms with Gasteiger partial charge in [-0.1, -0.05) is 0 Å². The van der Waals surface area contributed by atoms with Crippen molar-refractivity contribution in [3.05, 3.63) is 15.4 Å². The zero-order valence-electron chi connectivity index (χ0n) is 11.1. The molecule has 1 aromatic rings. The van der Waals surface area contributed by atoms with E-state index in [2.05, 4.69) is 26.7 Å². The van der Waals surface area contributed by atoms with E-state index < -0.39 is 10.0 Å². The normalized spacial score (nSPS) is 18.1. The summed E-state index contributed by atoms with van der Waals surface area (Å²) in [6, 6.07) is 3.76. The first-order chi connectivity index (χ1) is 9.42. The number of aryl methyl sites for hydroxylation is 1. The van der Waals surface area contributed by atoms with E-state index >= 15 is 0 Å². The number of sulfonamides is 1. The van der Waals surface area contributed by atoms with E-state index in [1.165, 1.54) is 11.3 Å². The van der Waals surface area contributed by atoms with Crippen LogP contribution in [0, 0.1) is 18.3 Å². The van der Waals surface area contributed by atoms with Gasteiger partial charge in [0, 0.05) is 19.1 Å². The summed E-state index contributed by atoms with van der Waals surface area (Å²) in [7, 11) is -3.44. The summed E-state index contributed by atoms with van der Waals surface area (Å²) in [6.07, 6.45) is 1.48. The summed E-state index contributed by atoms with van der Waals surface area (Å²) in [6.45, 7) is 3.80. The Balaban J connectivity index is 1.98. The van der Waals surface area contributed by atoms with Gasteiger partial charge in [0.05, 0.1) is 16.4 Å². The van der Waals surface area contributed by atoms with Crippen molar-refractivity contribution in [3.63, 3.8) is 0 Å². The monoisotopic (exact) mass is 377 g/mol. The van der Waals surface area contributed by atoms with E-state index in [-0.39, 0.29) is 6.04 Å². The van der Waals surface area contributed by atoms with Gasteiger partial charge in [0.2, 0.25) is 10.0 Å². The molecule has 5 nitrogen and oxygen atoms in total. The molecule has 2 rings (SSSR count). The van der Waals surface area contributed by atoms with Crippen LogP contribution in [-0.4, -0.2) is 39.0 Å². The number of nitrogens with one attached hydrogen (secondary N) is 1. The predicted octanol–water partition coefficient (Wildman–Crippen LogP) is 2.09. The van der Waals surface area contributed by atoms with Crippen LogP contribution < -0.4 is 4.72 Å². The second-order valence-corrected chi connectivity index (χ2v) is 9.16. The molecule has 0 bridgehead atoms. The van der Waals surface area contributed by atoms with E-state index in [1.807, 2.05) is 11.8 Å². The average Bonchev–Trinajstić information content (AvgIpc) is 2.73. The summed E-state index contributed by atoms with van der Waals surface area (Å²) in [5, 5.41) is 8.64. The summed E-state index contributed by atoms with van der Waals surface area (Å²) >= 11 is 4.58. The molecule has 1 aliphatic rings. The zero-order chi connectivity index (χ0) is 14.8. The van der Waals surface area contributed by atoms with Crippen LogP contribution in [0.3, 0.4) is 0 Å². The highest BCUT2D eigenvalue weighted by atomic mass is 79.9. The molecule has 0 radical (unpaired) electrons. The number of nitriles is 1. The lowest BCUT2D eigenvalue weighted by molar-refractivity contribution is 0.229. The van der Waals surface area contributed by atoms with Crippen molar-refractivity contribution in [1.29, 1.82) is 5.26 Å². The molecule has 2 heterocycles. The maximum Gasteiger partial charge on any atom is 0.250 e. The number of rotatable bonds is 4. The van der Waals surface area contributed by atoms with Gasteiger partial charge in [-0.3, -0.25) is 4.90 Å². The molecule has 1 aromatic heterocycles. The number of nitrogens with zero attached hydrogens (tertiary/aromatic N) is 2. The van der Waals surface area contributed by atoms with Crippen LogP contribution in [0.1, 0.15) is 18.4 Å². The number of likely N-dealkylation sites (tertiary alicyclic amines) is 1. The van der Waals surface area contributed by atoms with Gasteiger partial charge in [0.15, 0.2) is 0 Å². The fraction of sp³-hybridized carbons (Fsp3) is 0.583. The largest absolute Gasteiger partial charge is 0.290 e. The molecule has 0 unspecified atom stereocenters. The molecule has 1 saturated heterocycles. The van der Waals surface area contributed by atoms with E-state index in [9.17, 15) is 8.42 Å². The van der Waals surface area contributed by atoms with Gasteiger partial charge in [-0.05, 0) is 47.3 Å². The highest BCUT2D eigenvalue weighted by molar-refractivity contribution is 9.11. The minimum Gasteiger partial charge on any atom is -0.290 e. The standard InChI is InChI=1S/C12H16BrN3O2S2/c1-9-8-11(19-12(9)13)20(17,18)15-10-2-5-16(6-3-10)7-4-14/h8,10,15H,2-3,5-7H2,1H3. The van der Waals surface area contributed by atoms with Crippen molar-refractivity contribution in [3.8, 4) is 6.07 Å². The Morgan fingerprint density at radius 3 is 2.70 bits per heavy atom. The predicted molar refractivity (Wildman–Crippen MR) is 82.2 cm³/mol. The summed E-state index contributed by atoms with van der Waals surface area (Å²) in [5.74, 6) is 0. The Kier molecular flexibility index (Phi) is 5.20. The summed E-state index contributed by atoms with van der Waals surface area (Å²) in [4.78, 5) is 2.04. The molecular weight excluding hydrogens is 362 g/mol. The lowest BCUT2D eigenvalue weighted by Gasteiger charge is -2.30. The number of hydrogen-bond acceptors (Lipinski definition) is 5.